The summed E-state index contributed by atoms with van der Waals surface area (Å²) >= 11 is 0.790. The number of nitrogens with two attached hydrogens (primary N) is 1. The Kier molecular flexibility index (Phi) is 12.2. The van der Waals surface area contributed by atoms with E-state index in [1.54, 1.807) is 11.8 Å². The van der Waals surface area contributed by atoms with Gasteiger partial charge in [-0.15, -0.1) is 0 Å². The zero-order valence-electron chi connectivity index (χ0n) is 20.4. The van der Waals surface area contributed by atoms with Crippen molar-refractivity contribution in [3.63, 3.8) is 0 Å². The molecule has 1 aromatic carbocycles. The van der Waals surface area contributed by atoms with E-state index >= 15 is 0 Å². The second-order valence-corrected chi connectivity index (χ2v) is 11.7. The van der Waals surface area contributed by atoms with E-state index in [1.165, 1.54) is 4.90 Å². The number of hydrogen-bond donors (Lipinski definition) is 4. The standard InChI is InChI=1S/C24H36N4O5SSe/c1-15(2)20(26-21(29)17(25)14-16-8-5-4-6-9-16)24(33)35-27-18(11-13-34-3)22(30)28-12-7-10-19(28)23(31)32/h4-6,8-9,15,17-20,27H,7,10-14,25H2,1-3H3,(H,26,29)(H,31,32)/t17-,18-,19-,20-/m0/s1. The molecule has 1 heterocycles. The molecule has 1 aliphatic rings. The van der Waals surface area contributed by atoms with Crippen molar-refractivity contribution in [3.05, 3.63) is 35.9 Å². The van der Waals surface area contributed by atoms with Crippen molar-refractivity contribution in [2.75, 3.05) is 18.6 Å². The van der Waals surface area contributed by atoms with E-state index in [1.807, 2.05) is 50.4 Å². The summed E-state index contributed by atoms with van der Waals surface area (Å²) < 4.78 is 2.91. The number of carboxylic acid groups (broad SMARTS) is 1. The molecule has 0 aromatic heterocycles. The summed E-state index contributed by atoms with van der Waals surface area (Å²) in [4.78, 5) is 51.9. The number of carboxylic acids is 1. The molecule has 4 atom stereocenters. The molecule has 11 heteroatoms. The van der Waals surface area contributed by atoms with Crippen molar-refractivity contribution in [1.82, 2.24) is 14.5 Å². The van der Waals surface area contributed by atoms with Crippen molar-refractivity contribution in [2.45, 2.75) is 63.7 Å². The van der Waals surface area contributed by atoms with Crippen LogP contribution in [0.3, 0.4) is 0 Å². The number of thioether (sulfide) groups is 1. The fourth-order valence-electron chi connectivity index (χ4n) is 3.87. The first-order valence-electron chi connectivity index (χ1n) is 11.7. The first-order valence-corrected chi connectivity index (χ1v) is 14.8. The molecular formula is C24H36N4O5SSe. The van der Waals surface area contributed by atoms with Gasteiger partial charge in [0, 0.05) is 0 Å². The molecule has 2 amide bonds. The van der Waals surface area contributed by atoms with Crippen LogP contribution >= 0.6 is 11.8 Å². The van der Waals surface area contributed by atoms with Crippen LogP contribution in [-0.2, 0) is 25.6 Å². The van der Waals surface area contributed by atoms with Gasteiger partial charge in [-0.1, -0.05) is 0 Å². The summed E-state index contributed by atoms with van der Waals surface area (Å²) in [6.45, 7) is 4.09. The second-order valence-electron chi connectivity index (χ2n) is 8.93. The van der Waals surface area contributed by atoms with Gasteiger partial charge in [-0.2, -0.15) is 0 Å². The third kappa shape index (κ3) is 8.91. The van der Waals surface area contributed by atoms with Crippen molar-refractivity contribution in [3.8, 4) is 0 Å². The van der Waals surface area contributed by atoms with Crippen LogP contribution in [0.2, 0.25) is 0 Å². The molecule has 0 aliphatic carbocycles. The Hall–Kier alpha value is -1.91. The number of hydrogen-bond acceptors (Lipinski definition) is 7. The van der Waals surface area contributed by atoms with Crippen LogP contribution in [0.15, 0.2) is 30.3 Å². The number of rotatable bonds is 14. The van der Waals surface area contributed by atoms with Crippen LogP contribution in [0.1, 0.15) is 38.7 Å². The fourth-order valence-corrected chi connectivity index (χ4v) is 6.30. The molecule has 5 N–H and O–H groups in total. The van der Waals surface area contributed by atoms with Gasteiger partial charge in [-0.05, 0) is 0 Å². The third-order valence-corrected chi connectivity index (χ3v) is 8.33. The molecule has 0 bridgehead atoms. The Balaban J connectivity index is 2.00. The number of aliphatic carboxylic acids is 1. The number of amides is 2. The quantitative estimate of drug-likeness (QED) is 0.238. The van der Waals surface area contributed by atoms with E-state index in [4.69, 9.17) is 5.73 Å². The molecule has 194 valence electrons. The summed E-state index contributed by atoms with van der Waals surface area (Å²) in [6, 6.07) is 6.46. The third-order valence-electron chi connectivity index (χ3n) is 5.89. The van der Waals surface area contributed by atoms with Crippen LogP contribution in [0, 0.1) is 5.92 Å². The molecular weight excluding hydrogens is 535 g/mol. The van der Waals surface area contributed by atoms with Crippen molar-refractivity contribution in [1.29, 1.82) is 0 Å². The Morgan fingerprint density at radius 1 is 1.23 bits per heavy atom. The fraction of sp³-hybridized carbons (Fsp3) is 0.583. The maximum absolute atomic E-state index is 13.1. The Morgan fingerprint density at radius 2 is 1.91 bits per heavy atom. The van der Waals surface area contributed by atoms with Gasteiger partial charge in [0.25, 0.3) is 0 Å². The van der Waals surface area contributed by atoms with E-state index in [9.17, 15) is 24.3 Å². The molecule has 9 nitrogen and oxygen atoms in total. The van der Waals surface area contributed by atoms with Crippen LogP contribution in [0.4, 0.5) is 0 Å². The van der Waals surface area contributed by atoms with Crippen LogP contribution in [0.5, 0.6) is 0 Å². The number of nitrogens with one attached hydrogen (secondary N) is 2. The minimum absolute atomic E-state index is 0.158. The van der Waals surface area contributed by atoms with E-state index in [2.05, 4.69) is 9.65 Å². The molecule has 1 fully saturated rings. The van der Waals surface area contributed by atoms with Gasteiger partial charge in [0.15, 0.2) is 0 Å². The van der Waals surface area contributed by atoms with Crippen molar-refractivity contribution in [2.24, 2.45) is 11.7 Å². The molecule has 2 rings (SSSR count). The second kappa shape index (κ2) is 14.6. The van der Waals surface area contributed by atoms with Crippen LogP contribution in [0.25, 0.3) is 0 Å². The molecule has 0 radical (unpaired) electrons. The zero-order valence-corrected chi connectivity index (χ0v) is 23.0. The van der Waals surface area contributed by atoms with Crippen molar-refractivity contribution >= 4 is 49.4 Å². The number of carbonyl (C=O) groups is 4. The average Bonchev–Trinajstić information content (AvgIpc) is 3.32. The van der Waals surface area contributed by atoms with E-state index < -0.39 is 51.2 Å². The van der Waals surface area contributed by atoms with Crippen molar-refractivity contribution < 1.29 is 24.3 Å². The van der Waals surface area contributed by atoms with E-state index in [0.717, 1.165) is 5.56 Å². The molecule has 0 spiro atoms. The van der Waals surface area contributed by atoms with Gasteiger partial charge < -0.3 is 0 Å². The van der Waals surface area contributed by atoms with Gasteiger partial charge in [-0.25, -0.2) is 0 Å². The average molecular weight is 572 g/mol. The predicted octanol–water partition coefficient (Wildman–Crippen LogP) is 0.630. The van der Waals surface area contributed by atoms with Gasteiger partial charge in [0.05, 0.1) is 0 Å². The van der Waals surface area contributed by atoms with E-state index in [0.29, 0.717) is 38.0 Å². The summed E-state index contributed by atoms with van der Waals surface area (Å²) in [5.41, 5.74) is 7.02. The number of carbonyl (C=O) groups excluding carboxylic acids is 3. The van der Waals surface area contributed by atoms with Crippen LogP contribution in [-0.4, -0.2) is 90.4 Å². The summed E-state index contributed by atoms with van der Waals surface area (Å²) in [6.07, 6.45) is 3.86. The molecule has 35 heavy (non-hydrogen) atoms. The monoisotopic (exact) mass is 572 g/mol. The molecule has 0 unspecified atom stereocenters. The minimum atomic E-state index is -1.00. The zero-order chi connectivity index (χ0) is 26.0. The van der Waals surface area contributed by atoms with Gasteiger partial charge in [0.1, 0.15) is 0 Å². The first kappa shape index (κ1) is 29.3. The molecule has 0 saturated carbocycles. The summed E-state index contributed by atoms with van der Waals surface area (Å²) in [5.74, 6) is -1.15. The topological polar surface area (TPSA) is 142 Å². The molecule has 1 aliphatic heterocycles. The predicted molar refractivity (Wildman–Crippen MR) is 138 cm³/mol. The van der Waals surface area contributed by atoms with E-state index in [-0.39, 0.29) is 16.5 Å². The maximum atomic E-state index is 13.1. The Labute approximate surface area is 217 Å². The normalized spacial score (nSPS) is 18.2. The Bertz CT molecular complexity index is 873. The number of likely N-dealkylation sites (tertiary alicyclic amines) is 1. The van der Waals surface area contributed by atoms with Crippen LogP contribution < -0.4 is 15.4 Å². The number of benzene rings is 1. The van der Waals surface area contributed by atoms with Gasteiger partial charge in [0.2, 0.25) is 0 Å². The molecule has 1 aromatic rings. The Morgan fingerprint density at radius 3 is 2.51 bits per heavy atom. The summed E-state index contributed by atoms with van der Waals surface area (Å²) in [7, 11) is 0. The first-order chi connectivity index (χ1) is 16.6. The van der Waals surface area contributed by atoms with Gasteiger partial charge in [-0.3, -0.25) is 0 Å². The SMILES string of the molecule is CSCC[C@H](N[Se]C(=O)[C@@H](NC(=O)[C@@H](N)Cc1ccccc1)C(C)C)C(=O)N1CCC[C@H]1C(=O)O. The summed E-state index contributed by atoms with van der Waals surface area (Å²) in [5, 5.41) is 12.2. The number of nitrogens with zero attached hydrogens (tertiary/aromatic N) is 1. The molecule has 1 saturated heterocycles. The van der Waals surface area contributed by atoms with Gasteiger partial charge >= 0.3 is 218 Å².